The summed E-state index contributed by atoms with van der Waals surface area (Å²) in [6.45, 7) is 9.87. The summed E-state index contributed by atoms with van der Waals surface area (Å²) in [6, 6.07) is 19.8. The molecule has 1 N–H and O–H groups in total. The molecule has 1 aromatic heterocycles. The van der Waals surface area contributed by atoms with E-state index >= 15 is 0 Å². The number of carbonyl (C=O) groups excluding carboxylic acids is 2. The highest BCUT2D eigenvalue weighted by Gasteiger charge is 2.29. The van der Waals surface area contributed by atoms with Gasteiger partial charge in [-0.05, 0) is 37.1 Å². The molecule has 3 heterocycles. The van der Waals surface area contributed by atoms with Gasteiger partial charge in [0.05, 0.1) is 5.75 Å². The van der Waals surface area contributed by atoms with Crippen LogP contribution in [0.5, 0.6) is 0 Å². The summed E-state index contributed by atoms with van der Waals surface area (Å²) >= 11 is 7.68. The van der Waals surface area contributed by atoms with Crippen LogP contribution in [0.3, 0.4) is 0 Å². The molecule has 0 radical (unpaired) electrons. The van der Waals surface area contributed by atoms with Crippen molar-refractivity contribution in [1.82, 2.24) is 24.7 Å². The van der Waals surface area contributed by atoms with Crippen LogP contribution in [-0.2, 0) is 11.3 Å². The number of benzene rings is 2. The van der Waals surface area contributed by atoms with Crippen molar-refractivity contribution in [3.63, 3.8) is 0 Å². The van der Waals surface area contributed by atoms with Gasteiger partial charge in [-0.3, -0.25) is 9.69 Å². The molecular weight excluding hydrogens is 558 g/mol. The summed E-state index contributed by atoms with van der Waals surface area (Å²) in [4.78, 5) is 43.2. The number of aromatic nitrogens is 2. The molecule has 3 amide bonds. The van der Waals surface area contributed by atoms with E-state index in [0.717, 1.165) is 30.9 Å². The number of aryl methyl sites for hydroxylation is 1. The smallest absolute Gasteiger partial charge is 0.322 e. The van der Waals surface area contributed by atoms with Crippen molar-refractivity contribution >= 4 is 46.8 Å². The third-order valence-electron chi connectivity index (χ3n) is 7.44. The van der Waals surface area contributed by atoms with E-state index in [9.17, 15) is 9.59 Å². The number of nitrogens with zero attached hydrogens (tertiary/aromatic N) is 6. The lowest BCUT2D eigenvalue weighted by molar-refractivity contribution is -0.130. The highest BCUT2D eigenvalue weighted by atomic mass is 35.5. The maximum absolute atomic E-state index is 12.9. The first-order valence-electron chi connectivity index (χ1n) is 13.9. The van der Waals surface area contributed by atoms with Crippen LogP contribution in [0.4, 0.5) is 16.3 Å². The molecule has 2 aliphatic heterocycles. The van der Waals surface area contributed by atoms with Crippen molar-refractivity contribution in [1.29, 1.82) is 0 Å². The molecule has 0 aliphatic carbocycles. The Balaban J connectivity index is 1.11. The number of nitrogens with one attached hydrogen (secondary N) is 1. The van der Waals surface area contributed by atoms with Crippen LogP contribution in [-0.4, -0.2) is 94.2 Å². The highest BCUT2D eigenvalue weighted by molar-refractivity contribution is 7.99. The number of hydrogen-bond acceptors (Lipinski definition) is 7. The molecule has 3 aromatic rings. The van der Waals surface area contributed by atoms with Gasteiger partial charge in [0.1, 0.15) is 11.0 Å². The number of piperazine rings is 2. The van der Waals surface area contributed by atoms with Gasteiger partial charge in [-0.2, -0.15) is 0 Å². The average Bonchev–Trinajstić information content (AvgIpc) is 2.96. The van der Waals surface area contributed by atoms with Crippen LogP contribution >= 0.6 is 23.4 Å². The zero-order valence-corrected chi connectivity index (χ0v) is 25.1. The summed E-state index contributed by atoms with van der Waals surface area (Å²) in [5.74, 6) is 1.06. The predicted octanol–water partition coefficient (Wildman–Crippen LogP) is 4.62. The number of amides is 3. The molecule has 5 rings (SSSR count). The van der Waals surface area contributed by atoms with Crippen LogP contribution in [0.1, 0.15) is 18.1 Å². The standard InChI is InChI=1S/C30H36ClN7O2S/c1-22-7-6-10-25(17-22)32-30(40)38-16-15-37(19-23(38)2)27-18-26(31)33-29(34-27)41-21-28(39)36-13-11-35(12-14-36)20-24-8-4-3-5-9-24/h3-10,17-18,23H,11-16,19-21H2,1-2H3,(H,32,40). The van der Waals surface area contributed by atoms with Crippen molar-refractivity contribution in [3.05, 3.63) is 76.9 Å². The molecule has 2 aromatic carbocycles. The van der Waals surface area contributed by atoms with Gasteiger partial charge in [-0.15, -0.1) is 0 Å². The minimum atomic E-state index is -0.112. The SMILES string of the molecule is Cc1cccc(NC(=O)N2CCN(c3cc(Cl)nc(SCC(=O)N4CCN(Cc5ccccc5)CC4)n3)CC2C)c1. The molecule has 0 spiro atoms. The van der Waals surface area contributed by atoms with Crippen molar-refractivity contribution in [2.45, 2.75) is 31.6 Å². The van der Waals surface area contributed by atoms with Crippen LogP contribution < -0.4 is 10.2 Å². The Bertz CT molecular complexity index is 1350. The summed E-state index contributed by atoms with van der Waals surface area (Å²) in [7, 11) is 0. The Labute approximate surface area is 250 Å². The van der Waals surface area contributed by atoms with Crippen molar-refractivity contribution in [3.8, 4) is 0 Å². The Morgan fingerprint density at radius 2 is 1.76 bits per heavy atom. The number of thioether (sulfide) groups is 1. The molecule has 0 saturated carbocycles. The van der Waals surface area contributed by atoms with Gasteiger partial charge in [0.15, 0.2) is 5.16 Å². The van der Waals surface area contributed by atoms with E-state index in [4.69, 9.17) is 16.6 Å². The lowest BCUT2D eigenvalue weighted by Gasteiger charge is -2.40. The Kier molecular flexibility index (Phi) is 9.64. The topological polar surface area (TPSA) is 84.9 Å². The molecule has 1 unspecified atom stereocenters. The maximum Gasteiger partial charge on any atom is 0.322 e. The van der Waals surface area contributed by atoms with Crippen LogP contribution in [0.2, 0.25) is 5.15 Å². The predicted molar refractivity (Wildman–Crippen MR) is 165 cm³/mol. The van der Waals surface area contributed by atoms with Gasteiger partial charge in [0.2, 0.25) is 5.91 Å². The van der Waals surface area contributed by atoms with E-state index < -0.39 is 0 Å². The first kappa shape index (κ1) is 29.2. The average molecular weight is 594 g/mol. The molecule has 2 fully saturated rings. The van der Waals surface area contributed by atoms with E-state index in [-0.39, 0.29) is 23.7 Å². The Hall–Kier alpha value is -3.34. The minimum Gasteiger partial charge on any atom is -0.353 e. The van der Waals surface area contributed by atoms with Gasteiger partial charge in [0, 0.05) is 70.2 Å². The number of carbonyl (C=O) groups is 2. The molecular formula is C30H36ClN7O2S. The van der Waals surface area contributed by atoms with Gasteiger partial charge < -0.3 is 20.0 Å². The van der Waals surface area contributed by atoms with Crippen LogP contribution in [0.25, 0.3) is 0 Å². The minimum absolute atomic E-state index is 0.0273. The maximum atomic E-state index is 12.9. The number of hydrogen-bond donors (Lipinski definition) is 1. The largest absolute Gasteiger partial charge is 0.353 e. The second-order valence-corrected chi connectivity index (χ2v) is 11.9. The molecule has 216 valence electrons. The van der Waals surface area contributed by atoms with Crippen molar-refractivity contribution in [2.24, 2.45) is 0 Å². The first-order valence-corrected chi connectivity index (χ1v) is 15.3. The fraction of sp³-hybridized carbons (Fsp3) is 0.400. The molecule has 2 aliphatic rings. The fourth-order valence-corrected chi connectivity index (χ4v) is 6.20. The van der Waals surface area contributed by atoms with Crippen molar-refractivity contribution < 1.29 is 9.59 Å². The van der Waals surface area contributed by atoms with E-state index in [1.54, 1.807) is 6.07 Å². The number of urea groups is 1. The monoisotopic (exact) mass is 593 g/mol. The van der Waals surface area contributed by atoms with Gasteiger partial charge in [-0.1, -0.05) is 65.8 Å². The van der Waals surface area contributed by atoms with E-state index in [2.05, 4.69) is 44.4 Å². The quantitative estimate of drug-likeness (QED) is 0.243. The number of rotatable bonds is 7. The lowest BCUT2D eigenvalue weighted by atomic mass is 10.2. The second kappa shape index (κ2) is 13.5. The number of halogens is 1. The molecule has 11 heteroatoms. The lowest BCUT2D eigenvalue weighted by Crippen LogP contribution is -2.55. The van der Waals surface area contributed by atoms with Gasteiger partial charge in [-0.25, -0.2) is 14.8 Å². The normalized spacial score (nSPS) is 17.9. The zero-order chi connectivity index (χ0) is 28.8. The first-order chi connectivity index (χ1) is 19.8. The summed E-state index contributed by atoms with van der Waals surface area (Å²) < 4.78 is 0. The molecule has 41 heavy (non-hydrogen) atoms. The fourth-order valence-electron chi connectivity index (χ4n) is 5.21. The van der Waals surface area contributed by atoms with Gasteiger partial charge in [0.25, 0.3) is 0 Å². The third-order valence-corrected chi connectivity index (χ3v) is 8.47. The number of anilines is 2. The zero-order valence-electron chi connectivity index (χ0n) is 23.5. The van der Waals surface area contributed by atoms with Gasteiger partial charge >= 0.3 is 6.03 Å². The molecule has 0 bridgehead atoms. The molecule has 9 nitrogen and oxygen atoms in total. The Morgan fingerprint density at radius 3 is 2.49 bits per heavy atom. The molecule has 1 atom stereocenters. The second-order valence-electron chi connectivity index (χ2n) is 10.6. The third kappa shape index (κ3) is 7.90. The van der Waals surface area contributed by atoms with Crippen LogP contribution in [0.15, 0.2) is 65.8 Å². The summed E-state index contributed by atoms with van der Waals surface area (Å²) in [6.07, 6.45) is 0. The van der Waals surface area contributed by atoms with E-state index in [0.29, 0.717) is 48.9 Å². The van der Waals surface area contributed by atoms with E-state index in [1.165, 1.54) is 17.3 Å². The van der Waals surface area contributed by atoms with Crippen LogP contribution in [0, 0.1) is 6.92 Å². The highest BCUT2D eigenvalue weighted by Crippen LogP contribution is 2.25. The molecule has 2 saturated heterocycles. The Morgan fingerprint density at radius 1 is 0.976 bits per heavy atom. The summed E-state index contributed by atoms with van der Waals surface area (Å²) in [5.41, 5.74) is 3.17. The summed E-state index contributed by atoms with van der Waals surface area (Å²) in [5, 5.41) is 3.82. The van der Waals surface area contributed by atoms with Crippen molar-refractivity contribution in [2.75, 3.05) is 61.8 Å². The van der Waals surface area contributed by atoms with E-state index in [1.807, 2.05) is 54.0 Å².